The van der Waals surface area contributed by atoms with E-state index >= 15 is 0 Å². The second-order valence-electron chi connectivity index (χ2n) is 4.53. The van der Waals surface area contributed by atoms with Crippen molar-refractivity contribution in [2.24, 2.45) is 0 Å². The molecular weight excluding hydrogens is 332 g/mol. The fourth-order valence-electron chi connectivity index (χ4n) is 1.78. The number of halogens is 1. The topological polar surface area (TPSA) is 79.9 Å². The summed E-state index contributed by atoms with van der Waals surface area (Å²) in [6.45, 7) is 2.84. The smallest absolute Gasteiger partial charge is 0.241 e. The lowest BCUT2D eigenvalue weighted by Crippen LogP contribution is -2.37. The number of amides is 1. The van der Waals surface area contributed by atoms with Gasteiger partial charge in [-0.25, -0.2) is 0 Å². The molecule has 0 bridgehead atoms. The maximum atomic E-state index is 12.1. The van der Waals surface area contributed by atoms with Gasteiger partial charge in [-0.15, -0.1) is 0 Å². The minimum Gasteiger partial charge on any atom is -0.375 e. The van der Waals surface area contributed by atoms with Crippen LogP contribution in [0.4, 0.5) is 5.69 Å². The van der Waals surface area contributed by atoms with Crippen molar-refractivity contribution in [3.63, 3.8) is 0 Å². The quantitative estimate of drug-likeness (QED) is 0.821. The molecule has 21 heavy (non-hydrogen) atoms. The molecule has 0 aliphatic carbocycles. The van der Waals surface area contributed by atoms with Crippen LogP contribution in [0.1, 0.15) is 18.4 Å². The summed E-state index contributed by atoms with van der Waals surface area (Å²) < 4.78 is 0.899. The summed E-state index contributed by atoms with van der Waals surface area (Å²) in [6.07, 6.45) is 0.538. The van der Waals surface area contributed by atoms with E-state index < -0.39 is 0 Å². The third-order valence-electron chi connectivity index (χ3n) is 2.89. The molecule has 1 aromatic rings. The highest BCUT2D eigenvalue weighted by atomic mass is 79.9. The summed E-state index contributed by atoms with van der Waals surface area (Å²) >= 11 is 3.44. The van der Waals surface area contributed by atoms with Crippen molar-refractivity contribution >= 4 is 27.5 Å². The van der Waals surface area contributed by atoms with Gasteiger partial charge < -0.3 is 10.2 Å². The highest BCUT2D eigenvalue weighted by Crippen LogP contribution is 2.23. The van der Waals surface area contributed by atoms with Crippen LogP contribution in [-0.4, -0.2) is 30.4 Å². The van der Waals surface area contributed by atoms with Crippen LogP contribution in [0.25, 0.3) is 0 Å². The predicted molar refractivity (Wildman–Crippen MR) is 84.4 cm³/mol. The standard InChI is InChI=1S/C15H17BrN4O/c1-12-4-5-14(13(16)10-12)19-11-15(21)20(8-2-6-17)9-3-7-18/h4-5,10,19H,2-3,8-9,11H2,1H3. The highest BCUT2D eigenvalue weighted by molar-refractivity contribution is 9.10. The Morgan fingerprint density at radius 2 is 1.90 bits per heavy atom. The molecule has 0 heterocycles. The van der Waals surface area contributed by atoms with Gasteiger partial charge in [-0.2, -0.15) is 10.5 Å². The van der Waals surface area contributed by atoms with Crippen molar-refractivity contribution in [3.8, 4) is 12.1 Å². The van der Waals surface area contributed by atoms with Crippen LogP contribution in [-0.2, 0) is 4.79 Å². The summed E-state index contributed by atoms with van der Waals surface area (Å²) in [6, 6.07) is 9.86. The average Bonchev–Trinajstić information content (AvgIpc) is 2.46. The summed E-state index contributed by atoms with van der Waals surface area (Å²) in [4.78, 5) is 13.7. The lowest BCUT2D eigenvalue weighted by molar-refractivity contribution is -0.129. The van der Waals surface area contributed by atoms with Gasteiger partial charge in [0.05, 0.1) is 31.5 Å². The van der Waals surface area contributed by atoms with E-state index in [0.29, 0.717) is 13.1 Å². The zero-order valence-corrected chi connectivity index (χ0v) is 13.5. The van der Waals surface area contributed by atoms with Gasteiger partial charge >= 0.3 is 0 Å². The van der Waals surface area contributed by atoms with Gasteiger partial charge in [0.15, 0.2) is 0 Å². The number of anilines is 1. The molecule has 0 atom stereocenters. The van der Waals surface area contributed by atoms with E-state index in [-0.39, 0.29) is 25.3 Å². The molecule has 6 heteroatoms. The Kier molecular flexibility index (Phi) is 7.28. The zero-order chi connectivity index (χ0) is 15.7. The van der Waals surface area contributed by atoms with Gasteiger partial charge in [-0.3, -0.25) is 4.79 Å². The van der Waals surface area contributed by atoms with Gasteiger partial charge in [0.1, 0.15) is 0 Å². The maximum Gasteiger partial charge on any atom is 0.241 e. The van der Waals surface area contributed by atoms with Crippen LogP contribution in [0, 0.1) is 29.6 Å². The molecule has 0 aliphatic heterocycles. The van der Waals surface area contributed by atoms with Crippen molar-refractivity contribution in [1.82, 2.24) is 4.90 Å². The van der Waals surface area contributed by atoms with E-state index in [1.54, 1.807) is 4.90 Å². The summed E-state index contributed by atoms with van der Waals surface area (Å²) in [5.41, 5.74) is 1.97. The number of aryl methyl sites for hydroxylation is 1. The average molecular weight is 349 g/mol. The fourth-order valence-corrected chi connectivity index (χ4v) is 2.41. The number of carbonyl (C=O) groups excluding carboxylic acids is 1. The number of nitriles is 2. The first-order valence-electron chi connectivity index (χ1n) is 6.60. The number of hydrogen-bond donors (Lipinski definition) is 1. The second-order valence-corrected chi connectivity index (χ2v) is 5.39. The maximum absolute atomic E-state index is 12.1. The number of nitrogens with zero attached hydrogens (tertiary/aromatic N) is 3. The minimum absolute atomic E-state index is 0.118. The monoisotopic (exact) mass is 348 g/mol. The third kappa shape index (κ3) is 5.85. The number of hydrogen-bond acceptors (Lipinski definition) is 4. The lowest BCUT2D eigenvalue weighted by Gasteiger charge is -2.21. The second kappa shape index (κ2) is 8.99. The molecule has 0 fully saturated rings. The van der Waals surface area contributed by atoms with Gasteiger partial charge in [0.25, 0.3) is 0 Å². The Bertz CT molecular complexity index is 556. The number of rotatable bonds is 7. The van der Waals surface area contributed by atoms with Crippen LogP contribution >= 0.6 is 15.9 Å². The number of nitrogens with one attached hydrogen (secondary N) is 1. The molecule has 1 N–H and O–H groups in total. The highest BCUT2D eigenvalue weighted by Gasteiger charge is 2.13. The Labute approximate surface area is 133 Å². The van der Waals surface area contributed by atoms with Crippen LogP contribution in [0.2, 0.25) is 0 Å². The van der Waals surface area contributed by atoms with E-state index in [1.165, 1.54) is 0 Å². The van der Waals surface area contributed by atoms with Crippen molar-refractivity contribution in [3.05, 3.63) is 28.2 Å². The Morgan fingerprint density at radius 1 is 1.29 bits per heavy atom. The van der Waals surface area contributed by atoms with E-state index in [4.69, 9.17) is 10.5 Å². The number of carbonyl (C=O) groups is 1. The molecule has 0 radical (unpaired) electrons. The minimum atomic E-state index is -0.118. The van der Waals surface area contributed by atoms with Crippen LogP contribution in [0.5, 0.6) is 0 Å². The first kappa shape index (κ1) is 17.0. The summed E-state index contributed by atoms with van der Waals surface area (Å²) in [5.74, 6) is -0.118. The number of benzene rings is 1. The largest absolute Gasteiger partial charge is 0.375 e. The van der Waals surface area contributed by atoms with E-state index in [1.807, 2.05) is 37.3 Å². The zero-order valence-electron chi connectivity index (χ0n) is 11.9. The summed E-state index contributed by atoms with van der Waals surface area (Å²) in [5, 5.41) is 20.3. The van der Waals surface area contributed by atoms with Crippen LogP contribution in [0.3, 0.4) is 0 Å². The van der Waals surface area contributed by atoms with Gasteiger partial charge in [-0.05, 0) is 40.5 Å². The predicted octanol–water partition coefficient (Wildman–Crippen LogP) is 2.83. The summed E-state index contributed by atoms with van der Waals surface area (Å²) in [7, 11) is 0. The molecular formula is C15H17BrN4O. The van der Waals surface area contributed by atoms with E-state index in [9.17, 15) is 4.79 Å². The van der Waals surface area contributed by atoms with Crippen molar-refractivity contribution in [2.75, 3.05) is 25.0 Å². The van der Waals surface area contributed by atoms with Gasteiger partial charge in [0, 0.05) is 23.2 Å². The van der Waals surface area contributed by atoms with Gasteiger partial charge in [0.2, 0.25) is 5.91 Å². The third-order valence-corrected chi connectivity index (χ3v) is 3.55. The van der Waals surface area contributed by atoms with E-state index in [2.05, 4.69) is 21.2 Å². The first-order chi connectivity index (χ1) is 10.1. The van der Waals surface area contributed by atoms with Crippen molar-refractivity contribution < 1.29 is 4.79 Å². The molecule has 0 unspecified atom stereocenters. The van der Waals surface area contributed by atoms with Crippen LogP contribution < -0.4 is 5.32 Å². The Hall–Kier alpha value is -2.05. The molecule has 0 saturated carbocycles. The Balaban J connectivity index is 2.60. The lowest BCUT2D eigenvalue weighted by atomic mass is 10.2. The molecule has 0 spiro atoms. The van der Waals surface area contributed by atoms with Crippen molar-refractivity contribution in [2.45, 2.75) is 19.8 Å². The van der Waals surface area contributed by atoms with Gasteiger partial charge in [-0.1, -0.05) is 6.07 Å². The van der Waals surface area contributed by atoms with E-state index in [0.717, 1.165) is 15.7 Å². The normalized spacial score (nSPS) is 9.52. The van der Waals surface area contributed by atoms with Crippen LogP contribution in [0.15, 0.2) is 22.7 Å². The fraction of sp³-hybridized carbons (Fsp3) is 0.400. The molecule has 5 nitrogen and oxygen atoms in total. The molecule has 0 aromatic heterocycles. The molecule has 0 saturated heterocycles. The molecule has 1 aromatic carbocycles. The van der Waals surface area contributed by atoms with Crippen molar-refractivity contribution in [1.29, 1.82) is 10.5 Å². The molecule has 1 amide bonds. The Morgan fingerprint density at radius 3 is 2.43 bits per heavy atom. The molecule has 1 rings (SSSR count). The first-order valence-corrected chi connectivity index (χ1v) is 7.39. The molecule has 110 valence electrons. The molecule has 0 aliphatic rings. The SMILES string of the molecule is Cc1ccc(NCC(=O)N(CCC#N)CCC#N)c(Br)c1.